The quantitative estimate of drug-likeness (QED) is 0.792. The number of carbonyl (C=O) groups is 1. The van der Waals surface area contributed by atoms with E-state index >= 15 is 0 Å². The van der Waals surface area contributed by atoms with Crippen LogP contribution in [-0.2, 0) is 6.42 Å². The molecule has 0 aliphatic rings. The van der Waals surface area contributed by atoms with E-state index in [1.165, 1.54) is 12.1 Å². The summed E-state index contributed by atoms with van der Waals surface area (Å²) in [6.45, 7) is 1.80. The molecular formula is C14H11ClFNO. The molecule has 0 unspecified atom stereocenters. The molecule has 0 fully saturated rings. The van der Waals surface area contributed by atoms with Crippen molar-refractivity contribution in [2.75, 3.05) is 0 Å². The molecular weight excluding hydrogens is 253 g/mol. The fourth-order valence-corrected chi connectivity index (χ4v) is 1.88. The number of pyridine rings is 1. The minimum atomic E-state index is -0.456. The highest BCUT2D eigenvalue weighted by Crippen LogP contribution is 2.17. The molecule has 1 aromatic heterocycles. The van der Waals surface area contributed by atoms with Gasteiger partial charge in [-0.3, -0.25) is 9.78 Å². The van der Waals surface area contributed by atoms with Gasteiger partial charge >= 0.3 is 0 Å². The molecule has 2 rings (SSSR count). The van der Waals surface area contributed by atoms with Crippen molar-refractivity contribution in [1.82, 2.24) is 4.98 Å². The summed E-state index contributed by atoms with van der Waals surface area (Å²) < 4.78 is 13.6. The lowest BCUT2D eigenvalue weighted by Gasteiger charge is -2.05. The zero-order chi connectivity index (χ0) is 13.1. The van der Waals surface area contributed by atoms with Crippen LogP contribution in [0.3, 0.4) is 0 Å². The smallest absolute Gasteiger partial charge is 0.167 e. The molecule has 0 radical (unpaired) electrons. The monoisotopic (exact) mass is 263 g/mol. The summed E-state index contributed by atoms with van der Waals surface area (Å²) in [5.41, 5.74) is 1.71. The van der Waals surface area contributed by atoms with Gasteiger partial charge in [-0.15, -0.1) is 0 Å². The van der Waals surface area contributed by atoms with Crippen molar-refractivity contribution >= 4 is 17.4 Å². The molecule has 1 aromatic carbocycles. The molecule has 2 nitrogen and oxygen atoms in total. The third kappa shape index (κ3) is 2.74. The number of aryl methyl sites for hydroxylation is 1. The Balaban J connectivity index is 2.24. The van der Waals surface area contributed by atoms with Crippen LogP contribution >= 0.6 is 11.6 Å². The second-order valence-corrected chi connectivity index (χ2v) is 4.46. The molecule has 4 heteroatoms. The van der Waals surface area contributed by atoms with Crippen LogP contribution < -0.4 is 0 Å². The molecule has 1 heterocycles. The first-order chi connectivity index (χ1) is 8.58. The summed E-state index contributed by atoms with van der Waals surface area (Å²) in [6, 6.07) is 5.97. The number of aromatic nitrogens is 1. The Labute approximate surface area is 109 Å². The van der Waals surface area contributed by atoms with Crippen LogP contribution in [0.15, 0.2) is 36.7 Å². The van der Waals surface area contributed by atoms with Gasteiger partial charge in [0.05, 0.1) is 0 Å². The van der Waals surface area contributed by atoms with E-state index in [-0.39, 0.29) is 12.2 Å². The molecule has 18 heavy (non-hydrogen) atoms. The summed E-state index contributed by atoms with van der Waals surface area (Å²) in [7, 11) is 0. The highest BCUT2D eigenvalue weighted by molar-refractivity contribution is 6.30. The van der Waals surface area contributed by atoms with Gasteiger partial charge in [-0.05, 0) is 36.2 Å². The van der Waals surface area contributed by atoms with Gasteiger partial charge in [0.2, 0.25) is 0 Å². The molecule has 0 saturated heterocycles. The molecule has 0 aliphatic heterocycles. The van der Waals surface area contributed by atoms with Crippen molar-refractivity contribution < 1.29 is 9.18 Å². The first-order valence-corrected chi connectivity index (χ1v) is 5.83. The highest BCUT2D eigenvalue weighted by Gasteiger charge is 2.12. The van der Waals surface area contributed by atoms with Gasteiger partial charge in [0.15, 0.2) is 5.78 Å². The highest BCUT2D eigenvalue weighted by atomic mass is 35.5. The number of nitrogens with zero attached hydrogens (tertiary/aromatic N) is 1. The first-order valence-electron chi connectivity index (χ1n) is 5.45. The molecule has 2 aromatic rings. The van der Waals surface area contributed by atoms with Crippen molar-refractivity contribution in [3.05, 3.63) is 64.2 Å². The number of ketones is 1. The van der Waals surface area contributed by atoms with Crippen LogP contribution in [0.1, 0.15) is 21.5 Å². The minimum Gasteiger partial charge on any atom is -0.294 e. The predicted octanol–water partition coefficient (Wildman–Crippen LogP) is 3.61. The summed E-state index contributed by atoms with van der Waals surface area (Å²) in [6.07, 6.45) is 3.19. The fraction of sp³-hybridized carbons (Fsp3) is 0.143. The average Bonchev–Trinajstić information content (AvgIpc) is 2.33. The summed E-state index contributed by atoms with van der Waals surface area (Å²) in [5.74, 6) is -0.585. The number of Topliss-reactive ketones (excluding diaryl/α,β-unsaturated/α-hetero) is 1. The Hall–Kier alpha value is -1.74. The largest absolute Gasteiger partial charge is 0.294 e. The lowest BCUT2D eigenvalue weighted by atomic mass is 10.0. The maximum Gasteiger partial charge on any atom is 0.167 e. The third-order valence-electron chi connectivity index (χ3n) is 2.69. The van der Waals surface area contributed by atoms with E-state index in [1.54, 1.807) is 31.5 Å². The van der Waals surface area contributed by atoms with Crippen molar-refractivity contribution in [3.63, 3.8) is 0 Å². The van der Waals surface area contributed by atoms with E-state index in [0.717, 1.165) is 5.56 Å². The number of halogens is 2. The van der Waals surface area contributed by atoms with Gasteiger partial charge in [0.1, 0.15) is 5.82 Å². The Morgan fingerprint density at radius 2 is 2.17 bits per heavy atom. The van der Waals surface area contributed by atoms with E-state index in [1.807, 2.05) is 0 Å². The van der Waals surface area contributed by atoms with E-state index in [9.17, 15) is 9.18 Å². The Kier molecular flexibility index (Phi) is 3.72. The molecule has 92 valence electrons. The zero-order valence-corrected chi connectivity index (χ0v) is 10.5. The van der Waals surface area contributed by atoms with Crippen molar-refractivity contribution in [3.8, 4) is 0 Å². The summed E-state index contributed by atoms with van der Waals surface area (Å²) >= 11 is 5.66. The van der Waals surface area contributed by atoms with Crippen LogP contribution in [-0.4, -0.2) is 10.8 Å². The van der Waals surface area contributed by atoms with Gasteiger partial charge in [-0.25, -0.2) is 4.39 Å². The Morgan fingerprint density at radius 3 is 2.83 bits per heavy atom. The number of rotatable bonds is 3. The number of benzene rings is 1. The second kappa shape index (κ2) is 5.27. The minimum absolute atomic E-state index is 0.0217. The van der Waals surface area contributed by atoms with Crippen LogP contribution in [0.2, 0.25) is 5.02 Å². The average molecular weight is 264 g/mol. The van der Waals surface area contributed by atoms with Gasteiger partial charge in [-0.1, -0.05) is 17.7 Å². The molecule has 0 atom stereocenters. The molecule has 0 spiro atoms. The first kappa shape index (κ1) is 12.7. The topological polar surface area (TPSA) is 30.0 Å². The number of carbonyl (C=O) groups excluding carboxylic acids is 1. The van der Waals surface area contributed by atoms with Crippen molar-refractivity contribution in [1.29, 1.82) is 0 Å². The van der Waals surface area contributed by atoms with Crippen LogP contribution in [0.25, 0.3) is 0 Å². The second-order valence-electron chi connectivity index (χ2n) is 4.03. The SMILES string of the molecule is Cc1cnccc1C(=O)Cc1ccc(Cl)cc1F. The van der Waals surface area contributed by atoms with E-state index in [0.29, 0.717) is 16.1 Å². The van der Waals surface area contributed by atoms with E-state index in [2.05, 4.69) is 4.98 Å². The van der Waals surface area contributed by atoms with Gasteiger partial charge in [0.25, 0.3) is 0 Å². The number of hydrogen-bond donors (Lipinski definition) is 0. The molecule has 0 aliphatic carbocycles. The zero-order valence-electron chi connectivity index (χ0n) is 9.78. The molecule has 0 bridgehead atoms. The molecule has 0 amide bonds. The summed E-state index contributed by atoms with van der Waals surface area (Å²) in [5, 5.41) is 0.323. The van der Waals surface area contributed by atoms with E-state index in [4.69, 9.17) is 11.6 Å². The van der Waals surface area contributed by atoms with Crippen LogP contribution in [0.4, 0.5) is 4.39 Å². The molecule has 0 N–H and O–H groups in total. The lowest BCUT2D eigenvalue weighted by molar-refractivity contribution is 0.0991. The Bertz CT molecular complexity index is 598. The molecule has 0 saturated carbocycles. The van der Waals surface area contributed by atoms with E-state index < -0.39 is 5.82 Å². The predicted molar refractivity (Wildman–Crippen MR) is 68.4 cm³/mol. The number of hydrogen-bond acceptors (Lipinski definition) is 2. The van der Waals surface area contributed by atoms with Crippen molar-refractivity contribution in [2.45, 2.75) is 13.3 Å². The van der Waals surface area contributed by atoms with Gasteiger partial charge < -0.3 is 0 Å². The maximum absolute atomic E-state index is 13.6. The van der Waals surface area contributed by atoms with Crippen molar-refractivity contribution in [2.24, 2.45) is 0 Å². The maximum atomic E-state index is 13.6. The van der Waals surface area contributed by atoms with Gasteiger partial charge in [-0.2, -0.15) is 0 Å². The standard InChI is InChI=1S/C14H11ClFNO/c1-9-8-17-5-4-12(9)14(18)6-10-2-3-11(15)7-13(10)16/h2-5,7-8H,6H2,1H3. The van der Waals surface area contributed by atoms with Crippen LogP contribution in [0.5, 0.6) is 0 Å². The Morgan fingerprint density at radius 1 is 1.39 bits per heavy atom. The third-order valence-corrected chi connectivity index (χ3v) is 2.92. The van der Waals surface area contributed by atoms with Crippen LogP contribution in [0, 0.1) is 12.7 Å². The normalized spacial score (nSPS) is 10.4. The van der Waals surface area contributed by atoms with Gasteiger partial charge in [0, 0.05) is 29.4 Å². The fourth-order valence-electron chi connectivity index (χ4n) is 1.72. The summed E-state index contributed by atoms with van der Waals surface area (Å²) in [4.78, 5) is 16.0. The lowest BCUT2D eigenvalue weighted by Crippen LogP contribution is -2.07.